The summed E-state index contributed by atoms with van der Waals surface area (Å²) >= 11 is 0. The minimum Gasteiger partial charge on any atom is -0.351 e. The van der Waals surface area contributed by atoms with Crippen LogP contribution in [0.2, 0.25) is 0 Å². The first-order chi connectivity index (χ1) is 13.0. The molecule has 0 aliphatic carbocycles. The lowest BCUT2D eigenvalue weighted by molar-refractivity contribution is -0.140. The van der Waals surface area contributed by atoms with Gasteiger partial charge in [-0.05, 0) is 43.0 Å². The van der Waals surface area contributed by atoms with Gasteiger partial charge in [-0.3, -0.25) is 9.59 Å². The molecule has 1 atom stereocenters. The van der Waals surface area contributed by atoms with E-state index in [9.17, 15) is 14.0 Å². The van der Waals surface area contributed by atoms with Gasteiger partial charge in [-0.1, -0.05) is 42.5 Å². The van der Waals surface area contributed by atoms with Crippen molar-refractivity contribution in [2.24, 2.45) is 5.41 Å². The Morgan fingerprint density at radius 2 is 1.78 bits per heavy atom. The van der Waals surface area contributed by atoms with E-state index in [0.717, 1.165) is 24.0 Å². The predicted octanol–water partition coefficient (Wildman–Crippen LogP) is 3.31. The SMILES string of the molecule is CC1(C(=O)NCc2ccc(F)cc2)CCCN(C(=O)Cc2ccccc2)C1. The molecule has 0 saturated carbocycles. The van der Waals surface area contributed by atoms with Crippen molar-refractivity contribution in [3.05, 3.63) is 71.5 Å². The summed E-state index contributed by atoms with van der Waals surface area (Å²) in [4.78, 5) is 27.2. The van der Waals surface area contributed by atoms with E-state index in [2.05, 4.69) is 5.32 Å². The van der Waals surface area contributed by atoms with E-state index in [1.807, 2.05) is 37.3 Å². The van der Waals surface area contributed by atoms with Crippen LogP contribution >= 0.6 is 0 Å². The molecule has 142 valence electrons. The number of nitrogens with zero attached hydrogens (tertiary/aromatic N) is 1. The number of benzene rings is 2. The highest BCUT2D eigenvalue weighted by Gasteiger charge is 2.39. The van der Waals surface area contributed by atoms with Crippen LogP contribution in [0.1, 0.15) is 30.9 Å². The summed E-state index contributed by atoms with van der Waals surface area (Å²) in [6.07, 6.45) is 1.91. The van der Waals surface area contributed by atoms with Crippen molar-refractivity contribution < 1.29 is 14.0 Å². The van der Waals surface area contributed by atoms with Gasteiger partial charge in [-0.15, -0.1) is 0 Å². The molecule has 1 aliphatic heterocycles. The highest BCUT2D eigenvalue weighted by atomic mass is 19.1. The van der Waals surface area contributed by atoms with Crippen LogP contribution < -0.4 is 5.32 Å². The lowest BCUT2D eigenvalue weighted by atomic mass is 9.80. The fourth-order valence-corrected chi connectivity index (χ4v) is 3.52. The van der Waals surface area contributed by atoms with Crippen LogP contribution in [0, 0.1) is 11.2 Å². The number of hydrogen-bond acceptors (Lipinski definition) is 2. The molecule has 2 aromatic rings. The van der Waals surface area contributed by atoms with E-state index < -0.39 is 5.41 Å². The van der Waals surface area contributed by atoms with Gasteiger partial charge in [0.15, 0.2) is 0 Å². The van der Waals surface area contributed by atoms with Gasteiger partial charge in [0.2, 0.25) is 11.8 Å². The monoisotopic (exact) mass is 368 g/mol. The molecule has 0 aromatic heterocycles. The molecule has 0 radical (unpaired) electrons. The highest BCUT2D eigenvalue weighted by molar-refractivity contribution is 5.84. The second-order valence-corrected chi connectivity index (χ2v) is 7.45. The number of carbonyl (C=O) groups excluding carboxylic acids is 2. The number of rotatable bonds is 5. The van der Waals surface area contributed by atoms with Crippen LogP contribution in [0.15, 0.2) is 54.6 Å². The number of amides is 2. The van der Waals surface area contributed by atoms with Gasteiger partial charge in [-0.2, -0.15) is 0 Å². The van der Waals surface area contributed by atoms with Crippen molar-refractivity contribution in [1.29, 1.82) is 0 Å². The van der Waals surface area contributed by atoms with Gasteiger partial charge in [0.1, 0.15) is 5.82 Å². The minimum atomic E-state index is -0.607. The van der Waals surface area contributed by atoms with Gasteiger partial charge < -0.3 is 10.2 Å². The zero-order chi connectivity index (χ0) is 19.3. The third-order valence-electron chi connectivity index (χ3n) is 5.16. The average Bonchev–Trinajstić information content (AvgIpc) is 2.68. The maximum atomic E-state index is 13.0. The highest BCUT2D eigenvalue weighted by Crippen LogP contribution is 2.30. The molecule has 1 N–H and O–H groups in total. The largest absolute Gasteiger partial charge is 0.351 e. The molecule has 1 aliphatic rings. The van der Waals surface area contributed by atoms with E-state index in [4.69, 9.17) is 0 Å². The Kier molecular flexibility index (Phi) is 5.89. The maximum Gasteiger partial charge on any atom is 0.227 e. The number of likely N-dealkylation sites (tertiary alicyclic amines) is 1. The third-order valence-corrected chi connectivity index (χ3v) is 5.16. The molecule has 0 bridgehead atoms. The lowest BCUT2D eigenvalue weighted by Gasteiger charge is -2.39. The first-order valence-electron chi connectivity index (χ1n) is 9.31. The molecule has 27 heavy (non-hydrogen) atoms. The van der Waals surface area contributed by atoms with Gasteiger partial charge in [0.25, 0.3) is 0 Å². The molecule has 4 nitrogen and oxygen atoms in total. The summed E-state index contributed by atoms with van der Waals surface area (Å²) < 4.78 is 13.0. The Morgan fingerprint density at radius 1 is 1.07 bits per heavy atom. The summed E-state index contributed by atoms with van der Waals surface area (Å²) in [6.45, 7) is 3.38. The number of carbonyl (C=O) groups is 2. The zero-order valence-electron chi connectivity index (χ0n) is 15.6. The molecule has 1 saturated heterocycles. The van der Waals surface area contributed by atoms with Gasteiger partial charge in [0, 0.05) is 19.6 Å². The molecule has 1 heterocycles. The standard InChI is InChI=1S/C22H25FN2O2/c1-22(21(27)24-15-18-8-10-19(23)11-9-18)12-5-13-25(16-22)20(26)14-17-6-3-2-4-7-17/h2-4,6-11H,5,12-16H2,1H3,(H,24,27). The Hall–Kier alpha value is -2.69. The van der Waals surface area contributed by atoms with E-state index in [-0.39, 0.29) is 17.6 Å². The molecule has 0 spiro atoms. The summed E-state index contributed by atoms with van der Waals surface area (Å²) in [5.74, 6) is -0.306. The van der Waals surface area contributed by atoms with Crippen LogP contribution in [0.3, 0.4) is 0 Å². The molecule has 5 heteroatoms. The van der Waals surface area contributed by atoms with Crippen molar-refractivity contribution >= 4 is 11.8 Å². The van der Waals surface area contributed by atoms with Crippen molar-refractivity contribution in [2.45, 2.75) is 32.7 Å². The van der Waals surface area contributed by atoms with E-state index in [1.165, 1.54) is 12.1 Å². The first kappa shape index (κ1) is 19.1. The minimum absolute atomic E-state index is 0.0541. The topological polar surface area (TPSA) is 49.4 Å². The van der Waals surface area contributed by atoms with Crippen LogP contribution in [0.4, 0.5) is 4.39 Å². The Bertz CT molecular complexity index is 792. The van der Waals surface area contributed by atoms with Crippen LogP contribution in [0.5, 0.6) is 0 Å². The summed E-state index contributed by atoms with van der Waals surface area (Å²) in [6, 6.07) is 15.7. The Labute approximate surface area is 159 Å². The second kappa shape index (κ2) is 8.33. The maximum absolute atomic E-state index is 13.0. The van der Waals surface area contributed by atoms with E-state index in [1.54, 1.807) is 17.0 Å². The Morgan fingerprint density at radius 3 is 2.48 bits per heavy atom. The van der Waals surface area contributed by atoms with Crippen molar-refractivity contribution in [1.82, 2.24) is 10.2 Å². The molecule has 2 aromatic carbocycles. The van der Waals surface area contributed by atoms with Crippen molar-refractivity contribution in [2.75, 3.05) is 13.1 Å². The molecular weight excluding hydrogens is 343 g/mol. The molecule has 3 rings (SSSR count). The molecule has 2 amide bonds. The number of halogens is 1. The molecule has 1 fully saturated rings. The third kappa shape index (κ3) is 4.94. The van der Waals surface area contributed by atoms with Crippen molar-refractivity contribution in [3.63, 3.8) is 0 Å². The predicted molar refractivity (Wildman–Crippen MR) is 102 cm³/mol. The fraction of sp³-hybridized carbons (Fsp3) is 0.364. The smallest absolute Gasteiger partial charge is 0.227 e. The number of nitrogens with one attached hydrogen (secondary N) is 1. The first-order valence-corrected chi connectivity index (χ1v) is 9.31. The van der Waals surface area contributed by atoms with Crippen molar-refractivity contribution in [3.8, 4) is 0 Å². The van der Waals surface area contributed by atoms with Gasteiger partial charge >= 0.3 is 0 Å². The molecular formula is C22H25FN2O2. The quantitative estimate of drug-likeness (QED) is 0.880. The number of hydrogen-bond donors (Lipinski definition) is 1. The lowest BCUT2D eigenvalue weighted by Crippen LogP contribution is -2.52. The summed E-state index contributed by atoms with van der Waals surface area (Å²) in [7, 11) is 0. The summed E-state index contributed by atoms with van der Waals surface area (Å²) in [5.41, 5.74) is 1.22. The van der Waals surface area contributed by atoms with Crippen LogP contribution in [-0.4, -0.2) is 29.8 Å². The zero-order valence-corrected chi connectivity index (χ0v) is 15.6. The Balaban J connectivity index is 1.58. The van der Waals surface area contributed by atoms with Crippen LogP contribution in [-0.2, 0) is 22.6 Å². The second-order valence-electron chi connectivity index (χ2n) is 7.45. The van der Waals surface area contributed by atoms with E-state index in [0.29, 0.717) is 26.1 Å². The van der Waals surface area contributed by atoms with E-state index >= 15 is 0 Å². The van der Waals surface area contributed by atoms with Gasteiger partial charge in [-0.25, -0.2) is 4.39 Å². The van der Waals surface area contributed by atoms with Gasteiger partial charge in [0.05, 0.1) is 11.8 Å². The molecule has 1 unspecified atom stereocenters. The van der Waals surface area contributed by atoms with Crippen LogP contribution in [0.25, 0.3) is 0 Å². The fourth-order valence-electron chi connectivity index (χ4n) is 3.52. The normalized spacial score (nSPS) is 19.6. The summed E-state index contributed by atoms with van der Waals surface area (Å²) in [5, 5.41) is 2.94. The number of piperidine rings is 1. The average molecular weight is 368 g/mol.